The highest BCUT2D eigenvalue weighted by atomic mass is 32.2. The van der Waals surface area contributed by atoms with E-state index in [2.05, 4.69) is 5.32 Å². The average molecular weight is 455 g/mol. The van der Waals surface area contributed by atoms with Gasteiger partial charge in [0.05, 0.1) is 11.0 Å². The topological polar surface area (TPSA) is 102 Å². The molecule has 1 heterocycles. The number of nitrogens with zero attached hydrogens (tertiary/aromatic N) is 1. The largest absolute Gasteiger partial charge is 0.444 e. The lowest BCUT2D eigenvalue weighted by molar-refractivity contribution is -0.134. The number of alkyl carbamates (subject to hydrolysis) is 1. The van der Waals surface area contributed by atoms with Crippen molar-refractivity contribution < 1.29 is 26.9 Å². The van der Waals surface area contributed by atoms with Crippen LogP contribution in [0.4, 0.5) is 4.79 Å². The third-order valence-electron chi connectivity index (χ3n) is 5.18. The number of hydrogen-bond acceptors (Lipinski definition) is 6. The fourth-order valence-electron chi connectivity index (χ4n) is 3.26. The van der Waals surface area contributed by atoms with E-state index in [4.69, 9.17) is 8.92 Å². The molecule has 31 heavy (non-hydrogen) atoms. The van der Waals surface area contributed by atoms with E-state index in [1.165, 1.54) is 12.1 Å². The molecule has 1 aliphatic rings. The molecule has 1 aliphatic heterocycles. The number of aryl methyl sites for hydroxylation is 1. The number of ether oxygens (including phenoxy) is 1. The number of rotatable bonds is 7. The van der Waals surface area contributed by atoms with E-state index in [9.17, 15) is 18.0 Å². The maximum absolute atomic E-state index is 13.1. The smallest absolute Gasteiger partial charge is 0.408 e. The van der Waals surface area contributed by atoms with Crippen LogP contribution < -0.4 is 5.32 Å². The van der Waals surface area contributed by atoms with Crippen LogP contribution in [0.5, 0.6) is 0 Å². The molecule has 174 valence electrons. The molecule has 1 N–H and O–H groups in total. The third kappa shape index (κ3) is 7.21. The van der Waals surface area contributed by atoms with Gasteiger partial charge in [0.1, 0.15) is 11.6 Å². The highest BCUT2D eigenvalue weighted by Crippen LogP contribution is 2.22. The van der Waals surface area contributed by atoms with E-state index in [-0.39, 0.29) is 23.3 Å². The van der Waals surface area contributed by atoms with Gasteiger partial charge in [0.25, 0.3) is 10.1 Å². The van der Waals surface area contributed by atoms with Crippen LogP contribution in [0.2, 0.25) is 0 Å². The molecule has 3 atom stereocenters. The molecule has 2 amide bonds. The lowest BCUT2D eigenvalue weighted by atomic mass is 9.98. The van der Waals surface area contributed by atoms with Crippen LogP contribution in [-0.4, -0.2) is 56.2 Å². The second kappa shape index (κ2) is 9.99. The van der Waals surface area contributed by atoms with Gasteiger partial charge in [0.15, 0.2) is 0 Å². The van der Waals surface area contributed by atoms with E-state index in [1.807, 2.05) is 20.8 Å². The van der Waals surface area contributed by atoms with Gasteiger partial charge in [-0.05, 0) is 52.2 Å². The molecule has 8 nitrogen and oxygen atoms in total. The molecule has 0 spiro atoms. The zero-order chi connectivity index (χ0) is 23.4. The number of hydrogen-bond donors (Lipinski definition) is 1. The fraction of sp³-hybridized carbons (Fsp3) is 0.636. The van der Waals surface area contributed by atoms with Crippen molar-refractivity contribution in [2.45, 2.75) is 77.0 Å². The molecular weight excluding hydrogens is 420 g/mol. The predicted octanol–water partition coefficient (Wildman–Crippen LogP) is 3.24. The monoisotopic (exact) mass is 454 g/mol. The summed E-state index contributed by atoms with van der Waals surface area (Å²) in [5, 5.41) is 2.68. The van der Waals surface area contributed by atoms with Gasteiger partial charge in [-0.3, -0.25) is 8.98 Å². The van der Waals surface area contributed by atoms with Crippen LogP contribution >= 0.6 is 0 Å². The zero-order valence-corrected chi connectivity index (χ0v) is 20.0. The van der Waals surface area contributed by atoms with Gasteiger partial charge < -0.3 is 15.0 Å². The van der Waals surface area contributed by atoms with Gasteiger partial charge in [-0.25, -0.2) is 4.79 Å². The Hall–Kier alpha value is -2.13. The minimum absolute atomic E-state index is 0.0898. The standard InChI is InChI=1S/C22H34N2O6S/c1-7-16(3)19(23-21(26)29-22(4,5)6)20(25)24-13-12-17(14-24)30-31(27,28)18-10-8-15(2)9-11-18/h8-11,16-17,19H,7,12-14H2,1-6H3,(H,23,26)/t16-,17?,19-/m0/s1. The molecule has 1 fully saturated rings. The number of carbonyl (C=O) groups is 2. The molecule has 0 saturated carbocycles. The Morgan fingerprint density at radius 2 is 1.84 bits per heavy atom. The number of benzene rings is 1. The van der Waals surface area contributed by atoms with Gasteiger partial charge >= 0.3 is 6.09 Å². The number of amides is 2. The quantitative estimate of drug-likeness (QED) is 0.635. The summed E-state index contributed by atoms with van der Waals surface area (Å²) >= 11 is 0. The van der Waals surface area contributed by atoms with Crippen molar-refractivity contribution in [3.63, 3.8) is 0 Å². The molecule has 0 aromatic heterocycles. The molecule has 0 radical (unpaired) electrons. The van der Waals surface area contributed by atoms with Crippen molar-refractivity contribution in [1.82, 2.24) is 10.2 Å². The molecule has 1 saturated heterocycles. The fourth-order valence-corrected chi connectivity index (χ4v) is 4.36. The summed E-state index contributed by atoms with van der Waals surface area (Å²) < 4.78 is 35.8. The summed E-state index contributed by atoms with van der Waals surface area (Å²) in [6.45, 7) is 11.5. The van der Waals surface area contributed by atoms with Gasteiger partial charge in [-0.1, -0.05) is 38.0 Å². The Bertz CT molecular complexity index is 876. The first kappa shape index (κ1) is 25.1. The van der Waals surface area contributed by atoms with Crippen LogP contribution in [0.15, 0.2) is 29.2 Å². The van der Waals surface area contributed by atoms with Crippen molar-refractivity contribution in [3.05, 3.63) is 29.8 Å². The molecule has 1 unspecified atom stereocenters. The second-order valence-electron chi connectivity index (χ2n) is 9.07. The third-order valence-corrected chi connectivity index (χ3v) is 6.56. The number of nitrogens with one attached hydrogen (secondary N) is 1. The second-order valence-corrected chi connectivity index (χ2v) is 10.6. The molecule has 2 rings (SSSR count). The first-order chi connectivity index (χ1) is 14.3. The summed E-state index contributed by atoms with van der Waals surface area (Å²) in [7, 11) is -3.92. The lowest BCUT2D eigenvalue weighted by Gasteiger charge is -2.29. The van der Waals surface area contributed by atoms with Gasteiger partial charge in [-0.2, -0.15) is 8.42 Å². The molecular formula is C22H34N2O6S. The molecule has 1 aromatic carbocycles. The molecule has 9 heteroatoms. The van der Waals surface area contributed by atoms with Gasteiger partial charge in [-0.15, -0.1) is 0 Å². The Morgan fingerprint density at radius 3 is 2.39 bits per heavy atom. The van der Waals surface area contributed by atoms with Crippen LogP contribution in [0.1, 0.15) is 53.0 Å². The number of carbonyl (C=O) groups excluding carboxylic acids is 2. The first-order valence-corrected chi connectivity index (χ1v) is 12.0. The molecule has 0 aliphatic carbocycles. The van der Waals surface area contributed by atoms with Gasteiger partial charge in [0.2, 0.25) is 5.91 Å². The minimum Gasteiger partial charge on any atom is -0.444 e. The van der Waals surface area contributed by atoms with Crippen molar-refractivity contribution >= 4 is 22.1 Å². The van der Waals surface area contributed by atoms with E-state index in [0.717, 1.165) is 5.56 Å². The van der Waals surface area contributed by atoms with Crippen molar-refractivity contribution in [1.29, 1.82) is 0 Å². The van der Waals surface area contributed by atoms with Gasteiger partial charge in [0, 0.05) is 13.1 Å². The predicted molar refractivity (Wildman–Crippen MR) is 117 cm³/mol. The molecule has 0 bridgehead atoms. The summed E-state index contributed by atoms with van der Waals surface area (Å²) in [5.41, 5.74) is 0.273. The van der Waals surface area contributed by atoms with E-state index < -0.39 is 34.0 Å². The Balaban J connectivity index is 2.04. The van der Waals surface area contributed by atoms with Crippen LogP contribution in [0.3, 0.4) is 0 Å². The van der Waals surface area contributed by atoms with Crippen molar-refractivity contribution in [3.8, 4) is 0 Å². The Kier molecular flexibility index (Phi) is 8.10. The Morgan fingerprint density at radius 1 is 1.23 bits per heavy atom. The van der Waals surface area contributed by atoms with E-state index in [1.54, 1.807) is 37.8 Å². The summed E-state index contributed by atoms with van der Waals surface area (Å²) in [6, 6.07) is 5.67. The maximum atomic E-state index is 13.1. The normalized spacial score (nSPS) is 19.0. The average Bonchev–Trinajstić information content (AvgIpc) is 3.11. The highest BCUT2D eigenvalue weighted by Gasteiger charge is 2.37. The van der Waals surface area contributed by atoms with Crippen LogP contribution in [0, 0.1) is 12.8 Å². The van der Waals surface area contributed by atoms with E-state index >= 15 is 0 Å². The highest BCUT2D eigenvalue weighted by molar-refractivity contribution is 7.86. The van der Waals surface area contributed by atoms with Crippen LogP contribution in [0.25, 0.3) is 0 Å². The Labute approximate surface area is 185 Å². The summed E-state index contributed by atoms with van der Waals surface area (Å²) in [4.78, 5) is 27.0. The molecule has 1 aromatic rings. The summed E-state index contributed by atoms with van der Waals surface area (Å²) in [5.74, 6) is -0.379. The van der Waals surface area contributed by atoms with E-state index in [0.29, 0.717) is 19.4 Å². The first-order valence-electron chi connectivity index (χ1n) is 10.6. The van der Waals surface area contributed by atoms with Crippen LogP contribution in [-0.2, 0) is 23.8 Å². The SMILES string of the molecule is CC[C@H](C)[C@H](NC(=O)OC(C)(C)C)C(=O)N1CCC(OS(=O)(=O)c2ccc(C)cc2)C1. The zero-order valence-electron chi connectivity index (χ0n) is 19.2. The number of likely N-dealkylation sites (tertiary alicyclic amines) is 1. The van der Waals surface area contributed by atoms with Crippen molar-refractivity contribution in [2.24, 2.45) is 5.92 Å². The minimum atomic E-state index is -3.92. The summed E-state index contributed by atoms with van der Waals surface area (Å²) in [6.07, 6.45) is -0.201. The van der Waals surface area contributed by atoms with Crippen molar-refractivity contribution in [2.75, 3.05) is 13.1 Å². The lowest BCUT2D eigenvalue weighted by Crippen LogP contribution is -2.52. The maximum Gasteiger partial charge on any atom is 0.408 e.